The fraction of sp³-hybridized carbons (Fsp3) is 0.222. The molecule has 0 atom stereocenters. The van der Waals surface area contributed by atoms with Gasteiger partial charge in [0, 0.05) is 5.69 Å². The predicted octanol–water partition coefficient (Wildman–Crippen LogP) is 3.58. The van der Waals surface area contributed by atoms with Gasteiger partial charge >= 0.3 is 5.97 Å². The van der Waals surface area contributed by atoms with Gasteiger partial charge in [-0.05, 0) is 37.3 Å². The number of benzene rings is 2. The maximum Gasteiger partial charge on any atom is 0.340 e. The van der Waals surface area contributed by atoms with E-state index in [9.17, 15) is 9.59 Å². The first-order valence-electron chi connectivity index (χ1n) is 7.68. The molecule has 6 nitrogen and oxygen atoms in total. The summed E-state index contributed by atoms with van der Waals surface area (Å²) in [5, 5.41) is 6.10. The molecule has 0 spiro atoms. The summed E-state index contributed by atoms with van der Waals surface area (Å²) in [6.45, 7) is 2.00. The molecule has 0 fully saturated rings. The zero-order valence-corrected chi connectivity index (χ0v) is 14.7. The summed E-state index contributed by atoms with van der Waals surface area (Å²) in [7, 11) is 1.53. The Kier molecular flexibility index (Phi) is 6.65. The highest BCUT2D eigenvalue weighted by atomic mass is 35.5. The average Bonchev–Trinajstić information content (AvgIpc) is 2.60. The van der Waals surface area contributed by atoms with Gasteiger partial charge in [0.2, 0.25) is 5.91 Å². The van der Waals surface area contributed by atoms with Crippen LogP contribution in [0.5, 0.6) is 5.75 Å². The molecule has 2 rings (SSSR count). The summed E-state index contributed by atoms with van der Waals surface area (Å²) in [4.78, 5) is 24.1. The average molecular weight is 363 g/mol. The van der Waals surface area contributed by atoms with Crippen LogP contribution in [0.4, 0.5) is 11.4 Å². The Balaban J connectivity index is 1.99. The van der Waals surface area contributed by atoms with E-state index >= 15 is 0 Å². The monoisotopic (exact) mass is 362 g/mol. The number of rotatable bonds is 7. The highest BCUT2D eigenvalue weighted by Crippen LogP contribution is 2.27. The van der Waals surface area contributed by atoms with Crippen molar-refractivity contribution in [2.45, 2.75) is 6.92 Å². The Bertz CT molecular complexity index is 764. The van der Waals surface area contributed by atoms with Gasteiger partial charge in [0.15, 0.2) is 0 Å². The number of methoxy groups -OCH3 is 1. The summed E-state index contributed by atoms with van der Waals surface area (Å²) < 4.78 is 10.1. The lowest BCUT2D eigenvalue weighted by molar-refractivity contribution is -0.114. The molecule has 0 aliphatic carbocycles. The summed E-state index contributed by atoms with van der Waals surface area (Å²) in [5.41, 5.74) is 1.39. The molecule has 0 bridgehead atoms. The largest absolute Gasteiger partial charge is 0.495 e. The van der Waals surface area contributed by atoms with E-state index < -0.39 is 5.97 Å². The van der Waals surface area contributed by atoms with E-state index in [1.165, 1.54) is 7.11 Å². The van der Waals surface area contributed by atoms with Crippen LogP contribution in [-0.2, 0) is 9.53 Å². The van der Waals surface area contributed by atoms with Crippen molar-refractivity contribution in [2.75, 3.05) is 30.9 Å². The third-order valence-electron chi connectivity index (χ3n) is 3.30. The fourth-order valence-corrected chi connectivity index (χ4v) is 2.39. The first-order chi connectivity index (χ1) is 12.0. The molecule has 0 radical (unpaired) electrons. The Morgan fingerprint density at radius 2 is 1.92 bits per heavy atom. The smallest absolute Gasteiger partial charge is 0.340 e. The number of carbonyl (C=O) groups is 2. The molecule has 2 aromatic carbocycles. The van der Waals surface area contributed by atoms with Crippen molar-refractivity contribution in [2.24, 2.45) is 0 Å². The minimum atomic E-state index is -0.478. The summed E-state index contributed by atoms with van der Waals surface area (Å²) in [6.07, 6.45) is 0. The predicted molar refractivity (Wildman–Crippen MR) is 97.5 cm³/mol. The van der Waals surface area contributed by atoms with Gasteiger partial charge in [0.05, 0.1) is 36.5 Å². The van der Waals surface area contributed by atoms with Crippen molar-refractivity contribution in [3.05, 3.63) is 53.1 Å². The molecule has 0 aromatic heterocycles. The summed E-state index contributed by atoms with van der Waals surface area (Å²) in [5.74, 6) is -0.225. The van der Waals surface area contributed by atoms with Crippen LogP contribution in [0.3, 0.4) is 0 Å². The summed E-state index contributed by atoms with van der Waals surface area (Å²) >= 11 is 6.04. The van der Waals surface area contributed by atoms with Crippen LogP contribution in [0.2, 0.25) is 5.02 Å². The van der Waals surface area contributed by atoms with Gasteiger partial charge in [0.25, 0.3) is 0 Å². The van der Waals surface area contributed by atoms with E-state index in [0.29, 0.717) is 27.7 Å². The number of carbonyl (C=O) groups excluding carboxylic acids is 2. The molecule has 2 N–H and O–H groups in total. The highest BCUT2D eigenvalue weighted by Gasteiger charge is 2.13. The van der Waals surface area contributed by atoms with E-state index in [1.54, 1.807) is 49.4 Å². The van der Waals surface area contributed by atoms with Crippen molar-refractivity contribution >= 4 is 34.9 Å². The number of anilines is 2. The second-order valence-electron chi connectivity index (χ2n) is 5.02. The molecule has 0 saturated heterocycles. The Labute approximate surface area is 151 Å². The molecule has 132 valence electrons. The normalized spacial score (nSPS) is 10.0. The molecule has 7 heteroatoms. The van der Waals surface area contributed by atoms with Crippen molar-refractivity contribution in [3.63, 3.8) is 0 Å². The Hall–Kier alpha value is -2.73. The lowest BCUT2D eigenvalue weighted by atomic mass is 10.2. The zero-order chi connectivity index (χ0) is 18.2. The number of para-hydroxylation sites is 1. The van der Waals surface area contributed by atoms with Crippen LogP contribution < -0.4 is 15.4 Å². The van der Waals surface area contributed by atoms with E-state index in [4.69, 9.17) is 21.1 Å². The van der Waals surface area contributed by atoms with E-state index in [1.807, 2.05) is 0 Å². The lowest BCUT2D eigenvalue weighted by Crippen LogP contribution is -2.23. The van der Waals surface area contributed by atoms with Gasteiger partial charge in [-0.1, -0.05) is 23.7 Å². The quantitative estimate of drug-likeness (QED) is 0.736. The minimum Gasteiger partial charge on any atom is -0.495 e. The van der Waals surface area contributed by atoms with Crippen LogP contribution in [0.15, 0.2) is 42.5 Å². The SMILES string of the molecule is CCOC(=O)c1ccccc1NC(=O)CNc1ccc(OC)c(Cl)c1. The molecular formula is C18H19ClN2O4. The maximum absolute atomic E-state index is 12.1. The van der Waals surface area contributed by atoms with Gasteiger partial charge in [0.1, 0.15) is 5.75 Å². The number of ether oxygens (including phenoxy) is 2. The number of nitrogens with one attached hydrogen (secondary N) is 2. The Morgan fingerprint density at radius 1 is 1.16 bits per heavy atom. The molecule has 1 amide bonds. The van der Waals surface area contributed by atoms with Crippen molar-refractivity contribution in [3.8, 4) is 5.75 Å². The molecule has 0 saturated carbocycles. The van der Waals surface area contributed by atoms with Crippen LogP contribution in [0.25, 0.3) is 0 Å². The maximum atomic E-state index is 12.1. The number of amides is 1. The number of esters is 1. The van der Waals surface area contributed by atoms with Crippen LogP contribution in [0.1, 0.15) is 17.3 Å². The van der Waals surface area contributed by atoms with Crippen molar-refractivity contribution in [1.29, 1.82) is 0 Å². The van der Waals surface area contributed by atoms with Gasteiger partial charge in [-0.25, -0.2) is 4.79 Å². The summed E-state index contributed by atoms with van der Waals surface area (Å²) in [6, 6.07) is 11.8. The third kappa shape index (κ3) is 5.12. The molecule has 0 unspecified atom stereocenters. The van der Waals surface area contributed by atoms with Crippen molar-refractivity contribution in [1.82, 2.24) is 0 Å². The first-order valence-corrected chi connectivity index (χ1v) is 8.06. The number of halogens is 1. The number of hydrogen-bond acceptors (Lipinski definition) is 5. The van der Waals surface area contributed by atoms with E-state index in [2.05, 4.69) is 10.6 Å². The van der Waals surface area contributed by atoms with E-state index in [-0.39, 0.29) is 19.1 Å². The zero-order valence-electron chi connectivity index (χ0n) is 14.0. The molecule has 2 aromatic rings. The van der Waals surface area contributed by atoms with Crippen LogP contribution in [-0.4, -0.2) is 32.1 Å². The topological polar surface area (TPSA) is 76.7 Å². The van der Waals surface area contributed by atoms with Gasteiger partial charge in [-0.2, -0.15) is 0 Å². The highest BCUT2D eigenvalue weighted by molar-refractivity contribution is 6.32. The second-order valence-corrected chi connectivity index (χ2v) is 5.42. The number of hydrogen-bond donors (Lipinski definition) is 2. The molecule has 0 aliphatic rings. The van der Waals surface area contributed by atoms with Crippen LogP contribution in [0, 0.1) is 0 Å². The second kappa shape index (κ2) is 8.94. The third-order valence-corrected chi connectivity index (χ3v) is 3.60. The molecule has 0 heterocycles. The standard InChI is InChI=1S/C18H19ClN2O4/c1-3-25-18(23)13-6-4-5-7-15(13)21-17(22)11-20-12-8-9-16(24-2)14(19)10-12/h4-10,20H,3,11H2,1-2H3,(H,21,22). The van der Waals surface area contributed by atoms with Crippen LogP contribution >= 0.6 is 11.6 Å². The molecule has 25 heavy (non-hydrogen) atoms. The minimum absolute atomic E-state index is 0.0137. The lowest BCUT2D eigenvalue weighted by Gasteiger charge is -2.12. The van der Waals surface area contributed by atoms with Gasteiger partial charge in [-0.15, -0.1) is 0 Å². The fourth-order valence-electron chi connectivity index (χ4n) is 2.13. The Morgan fingerprint density at radius 3 is 2.60 bits per heavy atom. The first kappa shape index (κ1) is 18.6. The van der Waals surface area contributed by atoms with E-state index in [0.717, 1.165) is 0 Å². The van der Waals surface area contributed by atoms with Crippen molar-refractivity contribution < 1.29 is 19.1 Å². The van der Waals surface area contributed by atoms with Gasteiger partial charge in [-0.3, -0.25) is 4.79 Å². The molecular weight excluding hydrogens is 344 g/mol. The van der Waals surface area contributed by atoms with Gasteiger partial charge < -0.3 is 20.1 Å². The molecule has 0 aliphatic heterocycles.